The molecule has 4 rings (SSSR count). The van der Waals surface area contributed by atoms with Crippen LogP contribution in [0.2, 0.25) is 0 Å². The average molecular weight is 201 g/mol. The summed E-state index contributed by atoms with van der Waals surface area (Å²) >= 11 is 0. The highest BCUT2D eigenvalue weighted by molar-refractivity contribution is 5.85. The molecule has 0 radical (unpaired) electrons. The molecule has 0 spiro atoms. The molecule has 0 N–H and O–H groups in total. The first kappa shape index (κ1) is 9.15. The van der Waals surface area contributed by atoms with Crippen LogP contribution in [0, 0.1) is 34.5 Å². The van der Waals surface area contributed by atoms with Crippen LogP contribution in [0.1, 0.15) is 32.1 Å². The minimum Gasteiger partial charge on any atom is -0.299 e. The van der Waals surface area contributed by atoms with Crippen LogP contribution in [0.15, 0.2) is 12.2 Å². The van der Waals surface area contributed by atoms with Gasteiger partial charge in [0.05, 0.1) is 6.07 Å². The van der Waals surface area contributed by atoms with E-state index in [1.807, 2.05) is 0 Å². The number of nitriles is 1. The number of carbonyl (C=O) groups excluding carboxylic acids is 1. The molecule has 4 fully saturated rings. The van der Waals surface area contributed by atoms with Crippen molar-refractivity contribution in [3.63, 3.8) is 0 Å². The number of allylic oxidation sites excluding steroid dienone is 2. The minimum atomic E-state index is 0.208. The third-order valence-corrected chi connectivity index (χ3v) is 4.55. The third kappa shape index (κ3) is 1.26. The lowest BCUT2D eigenvalue weighted by atomic mass is 9.49. The second-order valence-electron chi connectivity index (χ2n) is 5.57. The summed E-state index contributed by atoms with van der Waals surface area (Å²) in [6.45, 7) is 0. The number of nitrogens with zero attached hydrogens (tertiary/aromatic N) is 1. The van der Waals surface area contributed by atoms with Crippen LogP contribution in [-0.2, 0) is 4.79 Å². The van der Waals surface area contributed by atoms with Crippen molar-refractivity contribution in [2.24, 2.45) is 23.2 Å². The van der Waals surface area contributed by atoms with Gasteiger partial charge in [-0.3, -0.25) is 4.79 Å². The highest BCUT2D eigenvalue weighted by atomic mass is 16.1. The zero-order valence-corrected chi connectivity index (χ0v) is 8.78. The smallest absolute Gasteiger partial charge is 0.139 e. The molecular weight excluding hydrogens is 186 g/mol. The molecule has 0 aromatic carbocycles. The van der Waals surface area contributed by atoms with Gasteiger partial charge in [-0.15, -0.1) is 0 Å². The van der Waals surface area contributed by atoms with E-state index >= 15 is 0 Å². The highest BCUT2D eigenvalue weighted by Gasteiger charge is 2.53. The summed E-state index contributed by atoms with van der Waals surface area (Å²) in [7, 11) is 0. The van der Waals surface area contributed by atoms with Gasteiger partial charge in [0.25, 0.3) is 0 Å². The van der Waals surface area contributed by atoms with Crippen LogP contribution in [0.5, 0.6) is 0 Å². The summed E-state index contributed by atoms with van der Waals surface area (Å²) in [5.74, 6) is 1.91. The molecule has 15 heavy (non-hydrogen) atoms. The number of rotatable bonds is 1. The molecule has 4 aliphatic carbocycles. The summed E-state index contributed by atoms with van der Waals surface area (Å²) in [5.41, 5.74) is 0.208. The number of Topliss-reactive ketones (excluding diaryl/α,β-unsaturated/α-hetero) is 1. The van der Waals surface area contributed by atoms with Gasteiger partial charge in [0.1, 0.15) is 5.78 Å². The molecule has 0 aromatic rings. The Kier molecular flexibility index (Phi) is 1.80. The number of ketones is 1. The standard InChI is InChI=1S/C13H15NO/c14-3-1-2-13-6-9-4-10(7-13)12(15)11(5-9)8-13/h1-2,9-11H,4-8H2. The summed E-state index contributed by atoms with van der Waals surface area (Å²) in [6.07, 6.45) is 9.19. The Balaban J connectivity index is 1.93. The molecule has 4 saturated carbocycles. The second-order valence-corrected chi connectivity index (χ2v) is 5.57. The van der Waals surface area contributed by atoms with Gasteiger partial charge in [0.2, 0.25) is 0 Å². The van der Waals surface area contributed by atoms with Crippen LogP contribution in [-0.4, -0.2) is 5.78 Å². The Morgan fingerprint density at radius 2 is 1.93 bits per heavy atom. The lowest BCUT2D eigenvalue weighted by Gasteiger charge is -2.54. The Morgan fingerprint density at radius 1 is 1.27 bits per heavy atom. The summed E-state index contributed by atoms with van der Waals surface area (Å²) in [6, 6.07) is 2.09. The van der Waals surface area contributed by atoms with Gasteiger partial charge in [0, 0.05) is 17.9 Å². The van der Waals surface area contributed by atoms with E-state index in [0.29, 0.717) is 17.6 Å². The van der Waals surface area contributed by atoms with Crippen LogP contribution in [0.3, 0.4) is 0 Å². The molecule has 2 atom stereocenters. The van der Waals surface area contributed by atoms with Gasteiger partial charge in [-0.1, -0.05) is 6.08 Å². The summed E-state index contributed by atoms with van der Waals surface area (Å²) in [5, 5.41) is 8.62. The second kappa shape index (κ2) is 2.95. The zero-order chi connectivity index (χ0) is 10.5. The Hall–Kier alpha value is -1.10. The van der Waals surface area contributed by atoms with E-state index in [1.54, 1.807) is 6.08 Å². The van der Waals surface area contributed by atoms with Crippen molar-refractivity contribution in [1.29, 1.82) is 5.26 Å². The number of hydrogen-bond donors (Lipinski definition) is 0. The number of carbonyl (C=O) groups is 1. The highest BCUT2D eigenvalue weighted by Crippen LogP contribution is 2.59. The summed E-state index contributed by atoms with van der Waals surface area (Å²) in [4.78, 5) is 11.9. The predicted octanol–water partition coefficient (Wildman–Crippen LogP) is 2.46. The van der Waals surface area contributed by atoms with E-state index in [4.69, 9.17) is 5.26 Å². The van der Waals surface area contributed by atoms with Gasteiger partial charge >= 0.3 is 0 Å². The van der Waals surface area contributed by atoms with Crippen LogP contribution >= 0.6 is 0 Å². The van der Waals surface area contributed by atoms with Gasteiger partial charge in [-0.2, -0.15) is 5.26 Å². The van der Waals surface area contributed by atoms with E-state index in [2.05, 4.69) is 12.1 Å². The molecule has 0 heterocycles. The van der Waals surface area contributed by atoms with Crippen LogP contribution in [0.25, 0.3) is 0 Å². The zero-order valence-electron chi connectivity index (χ0n) is 8.78. The average Bonchev–Trinajstić information content (AvgIpc) is 2.22. The molecule has 0 aliphatic heterocycles. The largest absolute Gasteiger partial charge is 0.299 e. The first-order valence-electron chi connectivity index (χ1n) is 5.83. The third-order valence-electron chi connectivity index (χ3n) is 4.55. The first-order valence-corrected chi connectivity index (χ1v) is 5.83. The van der Waals surface area contributed by atoms with E-state index in [1.165, 1.54) is 6.42 Å². The van der Waals surface area contributed by atoms with Crippen molar-refractivity contribution in [3.8, 4) is 6.07 Å². The molecule has 0 aromatic heterocycles. The molecule has 4 aliphatic rings. The van der Waals surface area contributed by atoms with Crippen molar-refractivity contribution in [3.05, 3.63) is 12.2 Å². The molecule has 0 saturated heterocycles. The Morgan fingerprint density at radius 3 is 2.53 bits per heavy atom. The topological polar surface area (TPSA) is 40.9 Å². The first-order chi connectivity index (χ1) is 7.22. The maximum absolute atomic E-state index is 11.9. The molecule has 2 nitrogen and oxygen atoms in total. The molecule has 2 heteroatoms. The van der Waals surface area contributed by atoms with Crippen molar-refractivity contribution in [1.82, 2.24) is 0 Å². The number of hydrogen-bond acceptors (Lipinski definition) is 2. The predicted molar refractivity (Wildman–Crippen MR) is 55.7 cm³/mol. The van der Waals surface area contributed by atoms with Gasteiger partial charge < -0.3 is 0 Å². The minimum absolute atomic E-state index is 0.208. The molecular formula is C13H15NO. The molecule has 78 valence electrons. The normalized spacial score (nSPS) is 47.4. The quantitative estimate of drug-likeness (QED) is 0.611. The maximum Gasteiger partial charge on any atom is 0.139 e. The van der Waals surface area contributed by atoms with Crippen molar-refractivity contribution < 1.29 is 4.79 Å². The van der Waals surface area contributed by atoms with Gasteiger partial charge in [-0.25, -0.2) is 0 Å². The van der Waals surface area contributed by atoms with Crippen molar-refractivity contribution in [2.75, 3.05) is 0 Å². The van der Waals surface area contributed by atoms with Gasteiger partial charge in [0.15, 0.2) is 0 Å². The van der Waals surface area contributed by atoms with Crippen molar-refractivity contribution >= 4 is 5.78 Å². The summed E-state index contributed by atoms with van der Waals surface area (Å²) < 4.78 is 0. The van der Waals surface area contributed by atoms with Crippen LogP contribution < -0.4 is 0 Å². The fraction of sp³-hybridized carbons (Fsp3) is 0.692. The van der Waals surface area contributed by atoms with Gasteiger partial charge in [-0.05, 0) is 43.4 Å². The lowest BCUT2D eigenvalue weighted by molar-refractivity contribution is -0.144. The van der Waals surface area contributed by atoms with E-state index < -0.39 is 0 Å². The van der Waals surface area contributed by atoms with E-state index in [0.717, 1.165) is 31.6 Å². The monoisotopic (exact) mass is 201 g/mol. The fourth-order valence-corrected chi connectivity index (χ4v) is 4.23. The van der Waals surface area contributed by atoms with E-state index in [9.17, 15) is 4.79 Å². The Labute approximate surface area is 90.0 Å². The fourth-order valence-electron chi connectivity index (χ4n) is 4.23. The van der Waals surface area contributed by atoms with Crippen molar-refractivity contribution in [2.45, 2.75) is 32.1 Å². The molecule has 2 unspecified atom stereocenters. The molecule has 4 bridgehead atoms. The maximum atomic E-state index is 11.9. The SMILES string of the molecule is N#CC=CC12CC3CC(C1)C(=O)C(C3)C2. The lowest BCUT2D eigenvalue weighted by Crippen LogP contribution is -2.50. The van der Waals surface area contributed by atoms with E-state index in [-0.39, 0.29) is 5.41 Å². The molecule has 0 amide bonds. The van der Waals surface area contributed by atoms with Crippen LogP contribution in [0.4, 0.5) is 0 Å². The Bertz CT molecular complexity index is 358.